The summed E-state index contributed by atoms with van der Waals surface area (Å²) in [5.41, 5.74) is 0.600. The molecule has 2 aliphatic rings. The summed E-state index contributed by atoms with van der Waals surface area (Å²) < 4.78 is 28.0. The fourth-order valence-corrected chi connectivity index (χ4v) is 5.63. The molecular weight excluding hydrogens is 422 g/mol. The molecule has 1 N–H and O–H groups in total. The van der Waals surface area contributed by atoms with E-state index in [0.29, 0.717) is 30.8 Å². The maximum absolute atomic E-state index is 14.3. The van der Waals surface area contributed by atoms with Crippen molar-refractivity contribution in [1.82, 2.24) is 9.80 Å². The van der Waals surface area contributed by atoms with Gasteiger partial charge in [0.05, 0.1) is 5.56 Å². The molecule has 1 atom stereocenters. The molecule has 0 radical (unpaired) electrons. The molecule has 0 unspecified atom stereocenters. The van der Waals surface area contributed by atoms with Gasteiger partial charge >= 0.3 is 0 Å². The quantitative estimate of drug-likeness (QED) is 0.574. The normalized spacial score (nSPS) is 21.6. The minimum atomic E-state index is -0.424. The van der Waals surface area contributed by atoms with E-state index in [0.717, 1.165) is 55.5 Å². The van der Waals surface area contributed by atoms with Gasteiger partial charge in [0, 0.05) is 30.7 Å². The third-order valence-electron chi connectivity index (χ3n) is 7.41. The van der Waals surface area contributed by atoms with Crippen LogP contribution in [0, 0.1) is 11.6 Å². The third kappa shape index (κ3) is 4.20. The molecule has 1 spiro atoms. The second-order valence-electron chi connectivity index (χ2n) is 9.35. The van der Waals surface area contributed by atoms with Crippen molar-refractivity contribution in [2.45, 2.75) is 44.2 Å². The Kier molecular flexibility index (Phi) is 5.79. The zero-order valence-electron chi connectivity index (χ0n) is 18.6. The number of rotatable bonds is 3. The Morgan fingerprint density at radius 3 is 2.42 bits per heavy atom. The first-order valence-electron chi connectivity index (χ1n) is 11.7. The van der Waals surface area contributed by atoms with Crippen LogP contribution in [0.15, 0.2) is 54.6 Å². The van der Waals surface area contributed by atoms with Crippen molar-refractivity contribution in [2.24, 2.45) is 0 Å². The molecule has 172 valence electrons. The Morgan fingerprint density at radius 2 is 1.64 bits per heavy atom. The number of aromatic hydroxyl groups is 1. The molecule has 33 heavy (non-hydrogen) atoms. The maximum atomic E-state index is 14.3. The van der Waals surface area contributed by atoms with Crippen LogP contribution in [0.3, 0.4) is 0 Å². The van der Waals surface area contributed by atoms with Gasteiger partial charge in [0.1, 0.15) is 17.4 Å². The highest BCUT2D eigenvalue weighted by molar-refractivity contribution is 6.01. The molecule has 2 saturated heterocycles. The summed E-state index contributed by atoms with van der Waals surface area (Å²) in [5.74, 6) is -0.958. The minimum Gasteiger partial charge on any atom is -0.507 e. The van der Waals surface area contributed by atoms with Crippen LogP contribution in [0.25, 0.3) is 10.8 Å². The van der Waals surface area contributed by atoms with Gasteiger partial charge in [-0.1, -0.05) is 24.3 Å². The average Bonchev–Trinajstić information content (AvgIpc) is 3.05. The van der Waals surface area contributed by atoms with Gasteiger partial charge in [-0.3, -0.25) is 9.69 Å². The lowest BCUT2D eigenvalue weighted by Gasteiger charge is -2.38. The smallest absolute Gasteiger partial charge is 0.257 e. The molecule has 5 rings (SSSR count). The molecule has 1 amide bonds. The number of nitrogens with zero attached hydrogens (tertiary/aromatic N) is 2. The Labute approximate surface area is 192 Å². The maximum Gasteiger partial charge on any atom is 0.257 e. The van der Waals surface area contributed by atoms with E-state index in [1.165, 1.54) is 12.1 Å². The van der Waals surface area contributed by atoms with E-state index in [9.17, 15) is 18.7 Å². The largest absolute Gasteiger partial charge is 0.507 e. The Bertz CT molecular complexity index is 1200. The molecular formula is C27H28F2N2O2. The van der Waals surface area contributed by atoms with E-state index in [-0.39, 0.29) is 23.0 Å². The highest BCUT2D eigenvalue weighted by Crippen LogP contribution is 2.40. The predicted molar refractivity (Wildman–Crippen MR) is 124 cm³/mol. The molecule has 4 nitrogen and oxygen atoms in total. The summed E-state index contributed by atoms with van der Waals surface area (Å²) >= 11 is 0. The first-order valence-corrected chi connectivity index (χ1v) is 11.7. The van der Waals surface area contributed by atoms with Gasteiger partial charge < -0.3 is 10.0 Å². The summed E-state index contributed by atoms with van der Waals surface area (Å²) in [6.45, 7) is 2.42. The Hall–Kier alpha value is -2.99. The first kappa shape index (κ1) is 21.8. The number of hydrogen-bond acceptors (Lipinski definition) is 3. The van der Waals surface area contributed by atoms with E-state index in [1.54, 1.807) is 12.1 Å². The average molecular weight is 451 g/mol. The molecule has 0 aliphatic carbocycles. The van der Waals surface area contributed by atoms with Gasteiger partial charge in [0.15, 0.2) is 0 Å². The lowest BCUT2D eigenvalue weighted by Crippen LogP contribution is -2.44. The van der Waals surface area contributed by atoms with E-state index >= 15 is 0 Å². The number of carbonyl (C=O) groups is 1. The van der Waals surface area contributed by atoms with E-state index < -0.39 is 5.82 Å². The van der Waals surface area contributed by atoms with Crippen LogP contribution in [-0.2, 0) is 6.54 Å². The summed E-state index contributed by atoms with van der Waals surface area (Å²) in [7, 11) is 0. The highest BCUT2D eigenvalue weighted by Gasteiger charge is 2.42. The topological polar surface area (TPSA) is 43.8 Å². The molecule has 6 heteroatoms. The standard InChI is InChI=1S/C27H28F2N2O2/c28-22-7-8-24(29)21(15-22)18-31-13-4-10-27(31)9-3-12-30(14-11-27)26(33)23-16-19-5-1-2-6-20(19)17-25(23)32/h1-2,5-8,15-17,32H,3-4,9-14,18H2/t27-/m0/s1. The monoisotopic (exact) mass is 450 g/mol. The number of halogens is 2. The highest BCUT2D eigenvalue weighted by atomic mass is 19.1. The second-order valence-corrected chi connectivity index (χ2v) is 9.35. The molecule has 2 aliphatic heterocycles. The minimum absolute atomic E-state index is 0.00160. The van der Waals surface area contributed by atoms with E-state index in [2.05, 4.69) is 4.90 Å². The van der Waals surface area contributed by atoms with Crippen LogP contribution < -0.4 is 0 Å². The van der Waals surface area contributed by atoms with E-state index in [4.69, 9.17) is 0 Å². The number of benzene rings is 3. The van der Waals surface area contributed by atoms with Gasteiger partial charge in [-0.25, -0.2) is 8.78 Å². The van der Waals surface area contributed by atoms with Crippen LogP contribution in [0.5, 0.6) is 5.75 Å². The molecule has 0 aromatic heterocycles. The van der Waals surface area contributed by atoms with Crippen molar-refractivity contribution >= 4 is 16.7 Å². The third-order valence-corrected chi connectivity index (χ3v) is 7.41. The van der Waals surface area contributed by atoms with Gasteiger partial charge in [-0.05, 0) is 79.8 Å². The molecule has 3 aromatic carbocycles. The van der Waals surface area contributed by atoms with Crippen molar-refractivity contribution in [3.63, 3.8) is 0 Å². The van der Waals surface area contributed by atoms with Crippen LogP contribution in [-0.4, -0.2) is 46.0 Å². The number of likely N-dealkylation sites (tertiary alicyclic amines) is 2. The van der Waals surface area contributed by atoms with Crippen molar-refractivity contribution in [2.75, 3.05) is 19.6 Å². The Balaban J connectivity index is 1.34. The second kappa shape index (κ2) is 8.75. The van der Waals surface area contributed by atoms with Gasteiger partial charge in [-0.2, -0.15) is 0 Å². The van der Waals surface area contributed by atoms with Crippen LogP contribution in [0.4, 0.5) is 8.78 Å². The number of fused-ring (bicyclic) bond motifs is 1. The summed E-state index contributed by atoms with van der Waals surface area (Å²) in [4.78, 5) is 17.5. The number of carbonyl (C=O) groups excluding carboxylic acids is 1. The zero-order chi connectivity index (χ0) is 23.0. The van der Waals surface area contributed by atoms with Crippen molar-refractivity contribution in [1.29, 1.82) is 0 Å². The molecule has 0 saturated carbocycles. The van der Waals surface area contributed by atoms with Crippen molar-refractivity contribution < 1.29 is 18.7 Å². The van der Waals surface area contributed by atoms with Crippen molar-refractivity contribution in [3.05, 3.63) is 77.4 Å². The molecule has 2 heterocycles. The van der Waals surface area contributed by atoms with Crippen molar-refractivity contribution in [3.8, 4) is 5.75 Å². The molecule has 3 aromatic rings. The number of phenols is 1. The molecule has 0 bridgehead atoms. The fourth-order valence-electron chi connectivity index (χ4n) is 5.63. The van der Waals surface area contributed by atoms with Gasteiger partial charge in [0.2, 0.25) is 0 Å². The SMILES string of the molecule is O=C(c1cc2ccccc2cc1O)N1CCC[C@]2(CCCN2Cc2cc(F)ccc2F)CC1. The summed E-state index contributed by atoms with van der Waals surface area (Å²) in [6.07, 6.45) is 4.53. The lowest BCUT2D eigenvalue weighted by molar-refractivity contribution is 0.0735. The van der Waals surface area contributed by atoms with Gasteiger partial charge in [0.25, 0.3) is 5.91 Å². The first-order chi connectivity index (χ1) is 15.9. The molecule has 2 fully saturated rings. The zero-order valence-corrected chi connectivity index (χ0v) is 18.6. The number of amides is 1. The summed E-state index contributed by atoms with van der Waals surface area (Å²) in [5, 5.41) is 12.3. The number of hydrogen-bond donors (Lipinski definition) is 1. The van der Waals surface area contributed by atoms with E-state index in [1.807, 2.05) is 29.2 Å². The van der Waals surface area contributed by atoms with Crippen LogP contribution >= 0.6 is 0 Å². The predicted octanol–water partition coefficient (Wildman–Crippen LogP) is 5.48. The van der Waals surface area contributed by atoms with Gasteiger partial charge in [-0.15, -0.1) is 0 Å². The van der Waals surface area contributed by atoms with Crippen LogP contribution in [0.2, 0.25) is 0 Å². The summed E-state index contributed by atoms with van der Waals surface area (Å²) in [6, 6.07) is 14.7. The fraction of sp³-hybridized carbons (Fsp3) is 0.370. The Morgan fingerprint density at radius 1 is 0.909 bits per heavy atom. The number of phenolic OH excluding ortho intramolecular Hbond substituents is 1. The van der Waals surface area contributed by atoms with Crippen LogP contribution in [0.1, 0.15) is 48.0 Å². The lowest BCUT2D eigenvalue weighted by atomic mass is 9.87.